The third kappa shape index (κ3) is 2.93. The average molecular weight is 160 g/mol. The third-order valence-electron chi connectivity index (χ3n) is 1.97. The van der Waals surface area contributed by atoms with Gasteiger partial charge in [0.1, 0.15) is 0 Å². The highest BCUT2D eigenvalue weighted by Crippen LogP contribution is 2.34. The Morgan fingerprint density at radius 1 is 1.50 bits per heavy atom. The topological polar surface area (TPSA) is 20.2 Å². The quantitative estimate of drug-likeness (QED) is 0.678. The molecule has 2 atom stereocenters. The van der Waals surface area contributed by atoms with E-state index in [1.165, 1.54) is 18.6 Å². The summed E-state index contributed by atoms with van der Waals surface area (Å²) in [6, 6.07) is 0. The predicted octanol–water partition coefficient (Wildman–Crippen LogP) is 1.90. The Kier molecular flexibility index (Phi) is 3.05. The minimum absolute atomic E-state index is 0.149. The molecular weight excluding hydrogens is 144 g/mol. The summed E-state index contributed by atoms with van der Waals surface area (Å²) in [7, 11) is 0. The van der Waals surface area contributed by atoms with Crippen LogP contribution in [0.5, 0.6) is 0 Å². The largest absolute Gasteiger partial charge is 0.392 e. The zero-order chi connectivity index (χ0) is 7.56. The fraction of sp³-hybridized carbons (Fsp3) is 1.00. The molecule has 0 spiro atoms. The van der Waals surface area contributed by atoms with Crippen LogP contribution in [0.1, 0.15) is 26.7 Å². The lowest BCUT2D eigenvalue weighted by Gasteiger charge is -2.12. The maximum atomic E-state index is 9.13. The minimum atomic E-state index is -0.149. The van der Waals surface area contributed by atoms with Crippen molar-refractivity contribution in [1.29, 1.82) is 0 Å². The van der Waals surface area contributed by atoms with Crippen molar-refractivity contribution in [2.45, 2.75) is 38.0 Å². The Labute approximate surface area is 67.2 Å². The molecule has 0 heterocycles. The van der Waals surface area contributed by atoms with Gasteiger partial charge in [-0.15, -0.1) is 0 Å². The van der Waals surface area contributed by atoms with Crippen LogP contribution in [0.4, 0.5) is 0 Å². The van der Waals surface area contributed by atoms with E-state index in [1.807, 2.05) is 18.7 Å². The van der Waals surface area contributed by atoms with Crippen molar-refractivity contribution in [2.24, 2.45) is 5.92 Å². The van der Waals surface area contributed by atoms with Gasteiger partial charge in [-0.3, -0.25) is 0 Å². The van der Waals surface area contributed by atoms with Gasteiger partial charge in [0.2, 0.25) is 0 Å². The van der Waals surface area contributed by atoms with Gasteiger partial charge in [0.15, 0.2) is 0 Å². The molecule has 60 valence electrons. The summed E-state index contributed by atoms with van der Waals surface area (Å²) in [6.07, 6.45) is 2.68. The Hall–Kier alpha value is 0.310. The first-order valence-corrected chi connectivity index (χ1v) is 5.04. The van der Waals surface area contributed by atoms with Gasteiger partial charge in [-0.2, -0.15) is 11.8 Å². The number of hydrogen-bond donors (Lipinski definition) is 1. The Morgan fingerprint density at radius 2 is 2.10 bits per heavy atom. The zero-order valence-corrected chi connectivity index (χ0v) is 7.53. The summed E-state index contributed by atoms with van der Waals surface area (Å²) in [5, 5.41) is 9.55. The van der Waals surface area contributed by atoms with Crippen molar-refractivity contribution < 1.29 is 5.11 Å². The highest BCUT2D eigenvalue weighted by molar-refractivity contribution is 7.99. The van der Waals surface area contributed by atoms with Crippen molar-refractivity contribution in [3.8, 4) is 0 Å². The van der Waals surface area contributed by atoms with Crippen molar-refractivity contribution in [2.75, 3.05) is 5.75 Å². The summed E-state index contributed by atoms with van der Waals surface area (Å²) in [5.41, 5.74) is 0. The first-order chi connectivity index (χ1) is 4.70. The number of hydrogen-bond acceptors (Lipinski definition) is 2. The van der Waals surface area contributed by atoms with E-state index in [0.29, 0.717) is 5.25 Å². The van der Waals surface area contributed by atoms with Gasteiger partial charge in [-0.05, 0) is 31.4 Å². The molecule has 0 aromatic rings. The maximum absolute atomic E-state index is 9.13. The monoisotopic (exact) mass is 160 g/mol. The van der Waals surface area contributed by atoms with Gasteiger partial charge >= 0.3 is 0 Å². The molecule has 1 nitrogen and oxygen atoms in total. The smallest absolute Gasteiger partial charge is 0.0627 e. The van der Waals surface area contributed by atoms with E-state index >= 15 is 0 Å². The van der Waals surface area contributed by atoms with Crippen LogP contribution in [0.25, 0.3) is 0 Å². The lowest BCUT2D eigenvalue weighted by Crippen LogP contribution is -2.15. The summed E-state index contributed by atoms with van der Waals surface area (Å²) in [5.74, 6) is 2.23. The lowest BCUT2D eigenvalue weighted by atomic mass is 10.3. The van der Waals surface area contributed by atoms with Gasteiger partial charge in [-0.1, -0.05) is 6.92 Å². The van der Waals surface area contributed by atoms with E-state index in [4.69, 9.17) is 5.11 Å². The fourth-order valence-electron chi connectivity index (χ4n) is 0.712. The molecule has 2 unspecified atom stereocenters. The van der Waals surface area contributed by atoms with E-state index in [2.05, 4.69) is 6.92 Å². The highest BCUT2D eigenvalue weighted by atomic mass is 32.2. The number of rotatable bonds is 4. The SMILES string of the molecule is CC(O)C(C)SCC1CC1. The van der Waals surface area contributed by atoms with E-state index in [1.54, 1.807) is 0 Å². The van der Waals surface area contributed by atoms with Crippen LogP contribution in [0, 0.1) is 5.92 Å². The van der Waals surface area contributed by atoms with Crippen LogP contribution in [-0.4, -0.2) is 22.2 Å². The van der Waals surface area contributed by atoms with Crippen LogP contribution in [0.2, 0.25) is 0 Å². The van der Waals surface area contributed by atoms with Crippen LogP contribution in [0.15, 0.2) is 0 Å². The molecular formula is C8H16OS. The third-order valence-corrected chi connectivity index (χ3v) is 3.55. The zero-order valence-electron chi connectivity index (χ0n) is 6.71. The van der Waals surface area contributed by atoms with E-state index in [0.717, 1.165) is 5.92 Å². The molecule has 1 aliphatic rings. The molecule has 1 N–H and O–H groups in total. The van der Waals surface area contributed by atoms with Crippen molar-refractivity contribution in [1.82, 2.24) is 0 Å². The summed E-state index contributed by atoms with van der Waals surface area (Å²) in [6.45, 7) is 3.96. The van der Waals surface area contributed by atoms with Crippen molar-refractivity contribution >= 4 is 11.8 Å². The molecule has 1 aliphatic carbocycles. The van der Waals surface area contributed by atoms with Crippen LogP contribution < -0.4 is 0 Å². The van der Waals surface area contributed by atoms with Crippen LogP contribution in [-0.2, 0) is 0 Å². The molecule has 0 radical (unpaired) electrons. The summed E-state index contributed by atoms with van der Waals surface area (Å²) >= 11 is 1.91. The van der Waals surface area contributed by atoms with Crippen LogP contribution >= 0.6 is 11.8 Å². The summed E-state index contributed by atoms with van der Waals surface area (Å²) < 4.78 is 0. The molecule has 1 saturated carbocycles. The number of aliphatic hydroxyl groups excluding tert-OH is 1. The standard InChI is InChI=1S/C8H16OS/c1-6(9)7(2)10-5-8-3-4-8/h6-9H,3-5H2,1-2H3. The average Bonchev–Trinajstić information content (AvgIpc) is 2.64. The molecule has 10 heavy (non-hydrogen) atoms. The molecule has 1 rings (SSSR count). The molecule has 0 aromatic heterocycles. The molecule has 0 saturated heterocycles. The number of aliphatic hydroxyl groups is 1. The fourth-order valence-corrected chi connectivity index (χ4v) is 1.90. The van der Waals surface area contributed by atoms with Gasteiger partial charge in [0.05, 0.1) is 6.10 Å². The molecule has 0 aliphatic heterocycles. The van der Waals surface area contributed by atoms with Gasteiger partial charge in [0, 0.05) is 5.25 Å². The molecule has 1 fully saturated rings. The second kappa shape index (κ2) is 3.63. The first kappa shape index (κ1) is 8.41. The molecule has 0 aromatic carbocycles. The van der Waals surface area contributed by atoms with Crippen molar-refractivity contribution in [3.63, 3.8) is 0 Å². The Balaban J connectivity index is 1.99. The Morgan fingerprint density at radius 3 is 2.50 bits per heavy atom. The highest BCUT2D eigenvalue weighted by Gasteiger charge is 2.22. The normalized spacial score (nSPS) is 24.3. The van der Waals surface area contributed by atoms with Gasteiger partial charge in [-0.25, -0.2) is 0 Å². The molecule has 0 amide bonds. The Bertz CT molecular complexity index is 99.4. The molecule has 2 heteroatoms. The van der Waals surface area contributed by atoms with Gasteiger partial charge in [0.25, 0.3) is 0 Å². The predicted molar refractivity (Wildman–Crippen MR) is 46.3 cm³/mol. The minimum Gasteiger partial charge on any atom is -0.392 e. The lowest BCUT2D eigenvalue weighted by molar-refractivity contribution is 0.196. The van der Waals surface area contributed by atoms with Crippen LogP contribution in [0.3, 0.4) is 0 Å². The van der Waals surface area contributed by atoms with Crippen molar-refractivity contribution in [3.05, 3.63) is 0 Å². The summed E-state index contributed by atoms with van der Waals surface area (Å²) in [4.78, 5) is 0. The van der Waals surface area contributed by atoms with E-state index in [9.17, 15) is 0 Å². The van der Waals surface area contributed by atoms with E-state index in [-0.39, 0.29) is 6.10 Å². The number of thioether (sulfide) groups is 1. The van der Waals surface area contributed by atoms with Gasteiger partial charge < -0.3 is 5.11 Å². The van der Waals surface area contributed by atoms with E-state index < -0.39 is 0 Å². The second-order valence-electron chi connectivity index (χ2n) is 3.22. The first-order valence-electron chi connectivity index (χ1n) is 4.00. The second-order valence-corrected chi connectivity index (χ2v) is 4.63. The molecule has 0 bridgehead atoms. The maximum Gasteiger partial charge on any atom is 0.0627 e.